The maximum atomic E-state index is 13.0. The van der Waals surface area contributed by atoms with Crippen LogP contribution in [0.3, 0.4) is 0 Å². The lowest BCUT2D eigenvalue weighted by Gasteiger charge is -2.38. The first-order chi connectivity index (χ1) is 14.2. The summed E-state index contributed by atoms with van der Waals surface area (Å²) in [7, 11) is 0. The summed E-state index contributed by atoms with van der Waals surface area (Å²) in [6.45, 7) is 2.62. The molecule has 1 amide bonds. The summed E-state index contributed by atoms with van der Waals surface area (Å²) in [5, 5.41) is 2.70. The number of nitrogens with zero attached hydrogens (tertiary/aromatic N) is 3. The fourth-order valence-electron chi connectivity index (χ4n) is 4.25. The fraction of sp³-hybridized carbons (Fsp3) is 0.318. The van der Waals surface area contributed by atoms with Crippen molar-refractivity contribution < 1.29 is 9.53 Å². The van der Waals surface area contributed by atoms with Gasteiger partial charge in [0.25, 0.3) is 5.91 Å². The van der Waals surface area contributed by atoms with E-state index in [1.165, 1.54) is 16.9 Å². The Morgan fingerprint density at radius 2 is 2.00 bits per heavy atom. The highest BCUT2D eigenvalue weighted by Crippen LogP contribution is 2.46. The Balaban J connectivity index is 1.31. The van der Waals surface area contributed by atoms with Crippen molar-refractivity contribution in [3.05, 3.63) is 64.9 Å². The number of aromatic nitrogens is 2. The third kappa shape index (κ3) is 3.20. The number of piperidine rings is 1. The third-order valence-electron chi connectivity index (χ3n) is 6.01. The molecule has 2 aromatic heterocycles. The molecule has 2 aliphatic heterocycles. The first-order valence-electron chi connectivity index (χ1n) is 9.80. The number of nitrogens with two attached hydrogens (primary N) is 1. The van der Waals surface area contributed by atoms with Gasteiger partial charge in [0, 0.05) is 53.9 Å². The van der Waals surface area contributed by atoms with E-state index in [1.807, 2.05) is 34.5 Å². The summed E-state index contributed by atoms with van der Waals surface area (Å²) >= 11 is 1.49. The Hall–Kier alpha value is -2.77. The van der Waals surface area contributed by atoms with Crippen LogP contribution in [0.1, 0.15) is 34.5 Å². The molecular weight excluding hydrogens is 384 g/mol. The van der Waals surface area contributed by atoms with Crippen LogP contribution < -0.4 is 10.5 Å². The highest BCUT2D eigenvalue weighted by atomic mass is 32.1. The molecule has 7 heteroatoms. The summed E-state index contributed by atoms with van der Waals surface area (Å²) in [5.41, 5.74) is 9.69. The second-order valence-electron chi connectivity index (χ2n) is 7.67. The summed E-state index contributed by atoms with van der Waals surface area (Å²) in [6, 6.07) is 10.1. The summed E-state index contributed by atoms with van der Waals surface area (Å²) in [4.78, 5) is 23.5. The summed E-state index contributed by atoms with van der Waals surface area (Å²) < 4.78 is 5.96. The number of hydrogen-bond donors (Lipinski definition) is 1. The summed E-state index contributed by atoms with van der Waals surface area (Å²) in [5.74, 6) is 0.967. The van der Waals surface area contributed by atoms with Crippen LogP contribution in [-0.2, 0) is 12.0 Å². The molecule has 0 radical (unpaired) electrons. The molecule has 4 heterocycles. The first kappa shape index (κ1) is 18.3. The van der Waals surface area contributed by atoms with Crippen molar-refractivity contribution in [1.29, 1.82) is 0 Å². The van der Waals surface area contributed by atoms with Crippen molar-refractivity contribution in [3.63, 3.8) is 0 Å². The monoisotopic (exact) mass is 406 g/mol. The average Bonchev–Trinajstić information content (AvgIpc) is 3.40. The van der Waals surface area contributed by atoms with E-state index in [1.54, 1.807) is 12.4 Å². The third-order valence-corrected chi connectivity index (χ3v) is 6.90. The van der Waals surface area contributed by atoms with E-state index in [4.69, 9.17) is 10.5 Å². The molecule has 2 aliphatic rings. The van der Waals surface area contributed by atoms with Crippen molar-refractivity contribution in [1.82, 2.24) is 14.9 Å². The number of thiazole rings is 1. The van der Waals surface area contributed by atoms with Gasteiger partial charge in [-0.1, -0.05) is 12.1 Å². The SMILES string of the molecule is NCc1ccc2c(c1)C1(CCN(C(=O)c3csc(-c4ccncc4)n3)CC1)CO2. The number of hydrogen-bond acceptors (Lipinski definition) is 6. The van der Waals surface area contributed by atoms with Crippen molar-refractivity contribution in [2.75, 3.05) is 19.7 Å². The molecule has 0 bridgehead atoms. The Morgan fingerprint density at radius 3 is 2.76 bits per heavy atom. The average molecular weight is 407 g/mol. The number of fused-ring (bicyclic) bond motifs is 2. The lowest BCUT2D eigenvalue weighted by atomic mass is 9.74. The molecule has 0 aliphatic carbocycles. The van der Waals surface area contributed by atoms with Crippen LogP contribution in [0.4, 0.5) is 0 Å². The number of benzene rings is 1. The number of likely N-dealkylation sites (tertiary alicyclic amines) is 1. The Kier molecular flexibility index (Phi) is 4.56. The minimum atomic E-state index is -0.0123. The highest BCUT2D eigenvalue weighted by Gasteiger charge is 2.44. The molecule has 1 aromatic carbocycles. The number of rotatable bonds is 3. The molecule has 3 aromatic rings. The van der Waals surface area contributed by atoms with E-state index >= 15 is 0 Å². The lowest BCUT2D eigenvalue weighted by Crippen LogP contribution is -2.46. The van der Waals surface area contributed by atoms with Gasteiger partial charge in [-0.3, -0.25) is 9.78 Å². The van der Waals surface area contributed by atoms with Crippen LogP contribution in [-0.4, -0.2) is 40.5 Å². The second kappa shape index (κ2) is 7.24. The lowest BCUT2D eigenvalue weighted by molar-refractivity contribution is 0.0641. The molecule has 148 valence electrons. The highest BCUT2D eigenvalue weighted by molar-refractivity contribution is 7.13. The number of ether oxygens (including phenoxy) is 1. The van der Waals surface area contributed by atoms with Gasteiger partial charge in [-0.25, -0.2) is 4.98 Å². The molecule has 1 spiro atoms. The Morgan fingerprint density at radius 1 is 1.21 bits per heavy atom. The van der Waals surface area contributed by atoms with E-state index in [2.05, 4.69) is 16.0 Å². The number of carbonyl (C=O) groups excluding carboxylic acids is 1. The molecule has 0 atom stereocenters. The Labute approximate surface area is 173 Å². The van der Waals surface area contributed by atoms with Gasteiger partial charge in [-0.15, -0.1) is 11.3 Å². The smallest absolute Gasteiger partial charge is 0.273 e. The van der Waals surface area contributed by atoms with E-state index in [-0.39, 0.29) is 11.3 Å². The van der Waals surface area contributed by atoms with Gasteiger partial charge in [-0.05, 0) is 36.6 Å². The first-order valence-corrected chi connectivity index (χ1v) is 10.7. The number of amides is 1. The second-order valence-corrected chi connectivity index (χ2v) is 8.53. The quantitative estimate of drug-likeness (QED) is 0.722. The van der Waals surface area contributed by atoms with E-state index in [9.17, 15) is 4.79 Å². The molecule has 0 saturated carbocycles. The minimum absolute atomic E-state index is 0.00579. The van der Waals surface area contributed by atoms with E-state index < -0.39 is 0 Å². The van der Waals surface area contributed by atoms with Crippen LogP contribution in [0, 0.1) is 0 Å². The van der Waals surface area contributed by atoms with Crippen LogP contribution in [0.25, 0.3) is 10.6 Å². The molecule has 1 saturated heterocycles. The van der Waals surface area contributed by atoms with Crippen LogP contribution in [0.5, 0.6) is 5.75 Å². The van der Waals surface area contributed by atoms with Crippen LogP contribution in [0.2, 0.25) is 0 Å². The fourth-order valence-corrected chi connectivity index (χ4v) is 5.05. The zero-order valence-electron chi connectivity index (χ0n) is 16.0. The predicted octanol–water partition coefficient (Wildman–Crippen LogP) is 3.23. The van der Waals surface area contributed by atoms with E-state index in [0.29, 0.717) is 31.9 Å². The molecule has 2 N–H and O–H groups in total. The van der Waals surface area contributed by atoms with E-state index in [0.717, 1.165) is 34.7 Å². The largest absolute Gasteiger partial charge is 0.492 e. The zero-order chi connectivity index (χ0) is 19.8. The maximum absolute atomic E-state index is 13.0. The topological polar surface area (TPSA) is 81.3 Å². The zero-order valence-corrected chi connectivity index (χ0v) is 16.8. The predicted molar refractivity (Wildman–Crippen MR) is 112 cm³/mol. The van der Waals surface area contributed by atoms with Crippen molar-refractivity contribution in [2.24, 2.45) is 5.73 Å². The van der Waals surface area contributed by atoms with Gasteiger partial charge < -0.3 is 15.4 Å². The molecule has 6 nitrogen and oxygen atoms in total. The Bertz CT molecular complexity index is 1040. The molecule has 0 unspecified atom stereocenters. The van der Waals surface area contributed by atoms with Gasteiger partial charge in [0.05, 0.1) is 6.61 Å². The molecular formula is C22H22N4O2S. The van der Waals surface area contributed by atoms with Gasteiger partial charge in [0.15, 0.2) is 0 Å². The normalized spacial score (nSPS) is 17.2. The molecule has 29 heavy (non-hydrogen) atoms. The van der Waals surface area contributed by atoms with Crippen molar-refractivity contribution in [2.45, 2.75) is 24.8 Å². The molecule has 5 rings (SSSR count). The number of pyridine rings is 1. The van der Waals surface area contributed by atoms with Crippen LogP contribution in [0.15, 0.2) is 48.1 Å². The van der Waals surface area contributed by atoms with Gasteiger partial charge in [0.1, 0.15) is 16.5 Å². The summed E-state index contributed by atoms with van der Waals surface area (Å²) in [6.07, 6.45) is 5.25. The molecule has 1 fully saturated rings. The van der Waals surface area contributed by atoms with Crippen molar-refractivity contribution >= 4 is 17.2 Å². The standard InChI is InChI=1S/C22H22N4O2S/c23-12-15-1-2-19-17(11-15)22(14-28-19)5-9-26(10-6-22)21(27)18-13-29-20(25-18)16-3-7-24-8-4-16/h1-4,7-8,11,13H,5-6,9-10,12,14,23H2. The van der Waals surface area contributed by atoms with Gasteiger partial charge >= 0.3 is 0 Å². The van der Waals surface area contributed by atoms with Crippen LogP contribution >= 0.6 is 11.3 Å². The van der Waals surface area contributed by atoms with Crippen molar-refractivity contribution in [3.8, 4) is 16.3 Å². The number of carbonyl (C=O) groups is 1. The maximum Gasteiger partial charge on any atom is 0.273 e. The minimum Gasteiger partial charge on any atom is -0.492 e. The van der Waals surface area contributed by atoms with Gasteiger partial charge in [0.2, 0.25) is 0 Å². The van der Waals surface area contributed by atoms with Gasteiger partial charge in [-0.2, -0.15) is 0 Å².